The minimum absolute atomic E-state index is 0.00654. The molecule has 5 rings (SSSR count). The smallest absolute Gasteiger partial charge is 0.244 e. The molecule has 28 heavy (non-hydrogen) atoms. The average Bonchev–Trinajstić information content (AvgIpc) is 3.37. The van der Waals surface area contributed by atoms with E-state index in [9.17, 15) is 4.79 Å². The molecule has 1 saturated heterocycles. The Hall–Kier alpha value is -2.77. The Bertz CT molecular complexity index is 964. The van der Waals surface area contributed by atoms with Gasteiger partial charge in [0.1, 0.15) is 16.9 Å². The van der Waals surface area contributed by atoms with Gasteiger partial charge in [-0.25, -0.2) is 4.98 Å². The quantitative estimate of drug-likeness (QED) is 0.683. The predicted octanol–water partition coefficient (Wildman–Crippen LogP) is 3.11. The molecule has 3 aromatic rings. The monoisotopic (exact) mass is 392 g/mol. The lowest BCUT2D eigenvalue weighted by Gasteiger charge is -2.31. The molecule has 2 aliphatic heterocycles. The lowest BCUT2D eigenvalue weighted by Crippen LogP contribution is -2.45. The van der Waals surface area contributed by atoms with E-state index >= 15 is 0 Å². The van der Waals surface area contributed by atoms with Crippen molar-refractivity contribution in [2.75, 3.05) is 11.4 Å². The Morgan fingerprint density at radius 3 is 2.79 bits per heavy atom. The number of amides is 1. The highest BCUT2D eigenvalue weighted by Crippen LogP contribution is 2.37. The maximum atomic E-state index is 13.6. The molecule has 7 heteroatoms. The fraction of sp³-hybridized carbons (Fsp3) is 0.286. The number of benzene rings is 1. The van der Waals surface area contributed by atoms with Crippen LogP contribution in [0.2, 0.25) is 0 Å². The molecule has 1 aromatic carbocycles. The molecule has 4 heterocycles. The number of carbonyl (C=O) groups excluding carboxylic acids is 1. The topological polar surface area (TPSA) is 58.6 Å². The summed E-state index contributed by atoms with van der Waals surface area (Å²) in [5.41, 5.74) is 1.66. The molecule has 0 aliphatic carbocycles. The molecule has 0 saturated carbocycles. The third-order valence-electron chi connectivity index (χ3n) is 5.23. The summed E-state index contributed by atoms with van der Waals surface area (Å²) in [4.78, 5) is 26.5. The van der Waals surface area contributed by atoms with Gasteiger partial charge in [-0.2, -0.15) is 0 Å². The highest BCUT2D eigenvalue weighted by molar-refractivity contribution is 7.09. The zero-order valence-corrected chi connectivity index (χ0v) is 16.1. The highest BCUT2D eigenvalue weighted by atomic mass is 32.1. The van der Waals surface area contributed by atoms with Crippen molar-refractivity contribution in [2.24, 2.45) is 0 Å². The Labute approximate surface area is 167 Å². The maximum Gasteiger partial charge on any atom is 0.244 e. The van der Waals surface area contributed by atoms with Crippen molar-refractivity contribution in [3.63, 3.8) is 0 Å². The van der Waals surface area contributed by atoms with Crippen LogP contribution >= 0.6 is 11.3 Å². The molecule has 1 amide bonds. The van der Waals surface area contributed by atoms with Crippen LogP contribution in [-0.4, -0.2) is 39.5 Å². The van der Waals surface area contributed by atoms with Gasteiger partial charge < -0.3 is 9.64 Å². The number of pyridine rings is 1. The summed E-state index contributed by atoms with van der Waals surface area (Å²) in [5.74, 6) is 0.854. The van der Waals surface area contributed by atoms with Crippen LogP contribution in [0.25, 0.3) is 0 Å². The van der Waals surface area contributed by atoms with Crippen LogP contribution in [0.1, 0.15) is 17.1 Å². The number of fused-ring (bicyclic) bond motifs is 3. The standard InChI is InChI=1S/C21H20N4O2S/c26-21-18-11-16(13-24(18)14-20-23-9-10-28-20)27-19-7-2-1-6-17(19)25(21)12-15-5-3-4-8-22-15/h1-10,16,18H,11-14H2. The van der Waals surface area contributed by atoms with Crippen LogP contribution in [0.5, 0.6) is 5.75 Å². The van der Waals surface area contributed by atoms with E-state index in [1.807, 2.05) is 58.9 Å². The van der Waals surface area contributed by atoms with Crippen LogP contribution < -0.4 is 9.64 Å². The third kappa shape index (κ3) is 3.27. The minimum atomic E-state index is -0.217. The van der Waals surface area contributed by atoms with Gasteiger partial charge in [0, 0.05) is 30.7 Å². The summed E-state index contributed by atoms with van der Waals surface area (Å²) in [6.45, 7) is 1.82. The van der Waals surface area contributed by atoms with Crippen LogP contribution in [0.15, 0.2) is 60.2 Å². The summed E-state index contributed by atoms with van der Waals surface area (Å²) >= 11 is 1.62. The maximum absolute atomic E-state index is 13.6. The van der Waals surface area contributed by atoms with Crippen molar-refractivity contribution in [3.8, 4) is 5.75 Å². The summed E-state index contributed by atoms with van der Waals surface area (Å²) in [6.07, 6.45) is 4.26. The number of rotatable bonds is 4. The number of anilines is 1. The third-order valence-corrected chi connectivity index (χ3v) is 6.00. The van der Waals surface area contributed by atoms with Gasteiger partial charge in [0.15, 0.2) is 0 Å². The minimum Gasteiger partial charge on any atom is -0.487 e. The van der Waals surface area contributed by atoms with E-state index in [0.29, 0.717) is 19.5 Å². The number of ether oxygens (including phenoxy) is 1. The molecule has 6 nitrogen and oxygen atoms in total. The number of aromatic nitrogens is 2. The summed E-state index contributed by atoms with van der Waals surface area (Å²) < 4.78 is 6.32. The summed E-state index contributed by atoms with van der Waals surface area (Å²) in [6, 6.07) is 13.3. The Balaban J connectivity index is 1.50. The van der Waals surface area contributed by atoms with E-state index in [4.69, 9.17) is 4.74 Å². The second-order valence-electron chi connectivity index (χ2n) is 7.06. The largest absolute Gasteiger partial charge is 0.487 e. The molecule has 2 bridgehead atoms. The lowest BCUT2D eigenvalue weighted by atomic mass is 10.1. The first-order chi connectivity index (χ1) is 13.8. The van der Waals surface area contributed by atoms with E-state index in [1.165, 1.54) is 0 Å². The van der Waals surface area contributed by atoms with Gasteiger partial charge in [0.2, 0.25) is 5.91 Å². The van der Waals surface area contributed by atoms with Crippen molar-refractivity contribution >= 4 is 22.9 Å². The van der Waals surface area contributed by atoms with Gasteiger partial charge in [-0.05, 0) is 24.3 Å². The number of para-hydroxylation sites is 2. The summed E-state index contributed by atoms with van der Waals surface area (Å²) in [5, 5.41) is 2.99. The van der Waals surface area contributed by atoms with Gasteiger partial charge in [-0.15, -0.1) is 11.3 Å². The van der Waals surface area contributed by atoms with E-state index in [1.54, 1.807) is 17.5 Å². The van der Waals surface area contributed by atoms with Gasteiger partial charge in [0.05, 0.1) is 30.5 Å². The average molecular weight is 392 g/mol. The Morgan fingerprint density at radius 1 is 1.07 bits per heavy atom. The van der Waals surface area contributed by atoms with Crippen molar-refractivity contribution in [1.82, 2.24) is 14.9 Å². The number of thiazole rings is 1. The zero-order valence-electron chi connectivity index (χ0n) is 15.3. The van der Waals surface area contributed by atoms with Gasteiger partial charge in [-0.1, -0.05) is 18.2 Å². The lowest BCUT2D eigenvalue weighted by molar-refractivity contribution is -0.123. The Morgan fingerprint density at radius 2 is 1.96 bits per heavy atom. The van der Waals surface area contributed by atoms with Crippen LogP contribution in [0.4, 0.5) is 5.69 Å². The van der Waals surface area contributed by atoms with Crippen molar-refractivity contribution in [2.45, 2.75) is 31.7 Å². The fourth-order valence-electron chi connectivity index (χ4n) is 3.96. The first-order valence-electron chi connectivity index (χ1n) is 9.37. The number of hydrogen-bond acceptors (Lipinski definition) is 6. The second-order valence-corrected chi connectivity index (χ2v) is 8.04. The van der Waals surface area contributed by atoms with Crippen molar-refractivity contribution in [3.05, 3.63) is 70.9 Å². The van der Waals surface area contributed by atoms with Crippen molar-refractivity contribution < 1.29 is 9.53 Å². The number of hydrogen-bond donors (Lipinski definition) is 0. The van der Waals surface area contributed by atoms with Crippen LogP contribution in [-0.2, 0) is 17.9 Å². The van der Waals surface area contributed by atoms with E-state index < -0.39 is 0 Å². The van der Waals surface area contributed by atoms with E-state index in [-0.39, 0.29) is 18.1 Å². The molecule has 0 N–H and O–H groups in total. The molecular weight excluding hydrogens is 372 g/mol. The van der Waals surface area contributed by atoms with Crippen molar-refractivity contribution in [1.29, 1.82) is 0 Å². The molecule has 0 spiro atoms. The van der Waals surface area contributed by atoms with E-state index in [0.717, 1.165) is 28.7 Å². The van der Waals surface area contributed by atoms with Crippen LogP contribution in [0.3, 0.4) is 0 Å². The first-order valence-corrected chi connectivity index (χ1v) is 10.3. The number of likely N-dealkylation sites (tertiary alicyclic amines) is 1. The fourth-order valence-corrected chi connectivity index (χ4v) is 4.60. The predicted molar refractivity (Wildman–Crippen MR) is 107 cm³/mol. The van der Waals surface area contributed by atoms with Gasteiger partial charge in [0.25, 0.3) is 0 Å². The molecule has 1 fully saturated rings. The SMILES string of the molecule is O=C1C2CC(CN2Cc2nccs2)Oc2ccccc2N1Cc1ccccn1. The molecule has 2 aliphatic rings. The number of carbonyl (C=O) groups is 1. The van der Waals surface area contributed by atoms with Gasteiger partial charge in [-0.3, -0.25) is 14.7 Å². The molecule has 2 aromatic heterocycles. The first kappa shape index (κ1) is 17.3. The molecule has 142 valence electrons. The number of nitrogens with zero attached hydrogens (tertiary/aromatic N) is 4. The molecular formula is C21H20N4O2S. The molecule has 2 atom stereocenters. The second kappa shape index (κ2) is 7.33. The zero-order chi connectivity index (χ0) is 18.9. The summed E-state index contributed by atoms with van der Waals surface area (Å²) in [7, 11) is 0. The normalized spacial score (nSPS) is 21.7. The van der Waals surface area contributed by atoms with E-state index in [2.05, 4.69) is 14.9 Å². The van der Waals surface area contributed by atoms with Crippen LogP contribution in [0, 0.1) is 0 Å². The Kier molecular flexibility index (Phi) is 4.54. The van der Waals surface area contributed by atoms with Gasteiger partial charge >= 0.3 is 0 Å². The molecule has 2 unspecified atom stereocenters. The highest BCUT2D eigenvalue weighted by Gasteiger charge is 2.43. The molecule has 0 radical (unpaired) electrons.